The summed E-state index contributed by atoms with van der Waals surface area (Å²) in [5, 5.41) is 0. The summed E-state index contributed by atoms with van der Waals surface area (Å²) >= 11 is 0. The maximum Gasteiger partial charge on any atom is 1.00 e. The van der Waals surface area contributed by atoms with Gasteiger partial charge in [-0.2, -0.15) is 0 Å². The van der Waals surface area contributed by atoms with E-state index in [2.05, 4.69) is 0 Å². The fourth-order valence-electron chi connectivity index (χ4n) is 0. The minimum absolute atomic E-state index is 0. The smallest absolute Gasteiger partial charge is 1.00 e. The van der Waals surface area contributed by atoms with Crippen LogP contribution in [-0.2, 0) is 4.46 Å². The van der Waals surface area contributed by atoms with Crippen LogP contribution in [0, 0.1) is 0 Å². The second kappa shape index (κ2) is 16.5. The van der Waals surface area contributed by atoms with E-state index in [-0.39, 0.29) is 134 Å². The van der Waals surface area contributed by atoms with E-state index in [9.17, 15) is 0 Å². The first kappa shape index (κ1) is 22.4. The summed E-state index contributed by atoms with van der Waals surface area (Å²) in [4.78, 5) is 17.0. The van der Waals surface area contributed by atoms with Crippen molar-refractivity contribution in [3.8, 4) is 0 Å². The van der Waals surface area contributed by atoms with E-state index in [1.165, 1.54) is 0 Å². The van der Waals surface area contributed by atoms with E-state index in [4.69, 9.17) is 14.1 Å². The fraction of sp³-hybridized carbons (Fsp3) is 0. The molecule has 0 aliphatic heterocycles. The van der Waals surface area contributed by atoms with Crippen LogP contribution in [0.4, 0.5) is 0 Å². The van der Waals surface area contributed by atoms with Crippen LogP contribution in [0.25, 0.3) is 0 Å². The Morgan fingerprint density at radius 1 is 1.29 bits per heavy atom. The van der Waals surface area contributed by atoms with Crippen molar-refractivity contribution in [3.05, 3.63) is 0 Å². The van der Waals surface area contributed by atoms with Crippen molar-refractivity contribution in [2.75, 3.05) is 0 Å². The molecule has 0 unspecified atom stereocenters. The predicted molar refractivity (Wildman–Crippen MR) is 7.55 cm³/mol. The third-order valence-corrected chi connectivity index (χ3v) is 0. The van der Waals surface area contributed by atoms with Crippen LogP contribution in [0.2, 0.25) is 0 Å². The Balaban J connectivity index is -0.00000000750. The zero-order valence-corrected chi connectivity index (χ0v) is 14.0. The molecule has 7 heteroatoms. The zero-order valence-electron chi connectivity index (χ0n) is 5.72. The van der Waals surface area contributed by atoms with Crippen molar-refractivity contribution in [1.82, 2.24) is 0 Å². The van der Waals surface area contributed by atoms with E-state index < -0.39 is 9.17 Å². The van der Waals surface area contributed by atoms with Crippen LogP contribution in [0.3, 0.4) is 0 Å². The molecule has 0 aliphatic carbocycles. The zero-order chi connectivity index (χ0) is 3.58. The number of hydrogen-bond donors (Lipinski definition) is 0. The Labute approximate surface area is 152 Å². The SMILES string of the molecule is O=[Si]([O-])[O-].[H-].[K+].[K+].[Na+]. The largest absolute Gasteiger partial charge is 1.00 e. The molecule has 0 spiro atoms. The first-order valence-electron chi connectivity index (χ1n) is 0.612. The van der Waals surface area contributed by atoms with Gasteiger partial charge in [0.25, 0.3) is 0 Å². The first-order valence-corrected chi connectivity index (χ1v) is 1.84. The quantitative estimate of drug-likeness (QED) is 0.346. The Hall–Kier alpha value is 3.89. The van der Waals surface area contributed by atoms with E-state index in [0.29, 0.717) is 0 Å². The van der Waals surface area contributed by atoms with Gasteiger partial charge in [-0.15, -0.1) is 0 Å². The van der Waals surface area contributed by atoms with Gasteiger partial charge in [0.05, 0.1) is 0 Å². The van der Waals surface area contributed by atoms with E-state index >= 15 is 0 Å². The van der Waals surface area contributed by atoms with E-state index in [0.717, 1.165) is 0 Å². The summed E-state index contributed by atoms with van der Waals surface area (Å²) in [7, 11) is -3.63. The third kappa shape index (κ3) is 40.7. The van der Waals surface area contributed by atoms with Crippen LogP contribution < -0.4 is 142 Å². The second-order valence-electron chi connectivity index (χ2n) is 0.250. The molecule has 0 aromatic carbocycles. The van der Waals surface area contributed by atoms with Gasteiger partial charge in [-0.05, 0) is 0 Å². The monoisotopic (exact) mass is 178 g/mol. The standard InChI is InChI=1S/2K.Na.O3Si.H/c;;;1-4(2)3;/q3*+1;-2;-1. The molecule has 0 amide bonds. The average Bonchev–Trinajstić information content (AvgIpc) is 0.811. The minimum Gasteiger partial charge on any atom is -1.00 e. The third-order valence-electron chi connectivity index (χ3n) is 0. The van der Waals surface area contributed by atoms with Gasteiger partial charge in [0.2, 0.25) is 0 Å². The van der Waals surface area contributed by atoms with Crippen LogP contribution in [0.1, 0.15) is 1.43 Å². The van der Waals surface area contributed by atoms with Gasteiger partial charge in [0.1, 0.15) is 0 Å². The fourth-order valence-corrected chi connectivity index (χ4v) is 0. The summed E-state index contributed by atoms with van der Waals surface area (Å²) in [6, 6.07) is 0. The number of rotatable bonds is 0. The Morgan fingerprint density at radius 2 is 1.29 bits per heavy atom. The molecule has 0 rings (SSSR count). The van der Waals surface area contributed by atoms with E-state index in [1.54, 1.807) is 0 Å². The summed E-state index contributed by atoms with van der Waals surface area (Å²) < 4.78 is 8.52. The van der Waals surface area contributed by atoms with Crippen molar-refractivity contribution in [2.45, 2.75) is 0 Å². The van der Waals surface area contributed by atoms with Gasteiger partial charge in [0, 0.05) is 9.17 Å². The van der Waals surface area contributed by atoms with Crippen molar-refractivity contribution in [2.24, 2.45) is 0 Å². The molecule has 0 aromatic heterocycles. The van der Waals surface area contributed by atoms with Crippen molar-refractivity contribution in [3.63, 3.8) is 0 Å². The van der Waals surface area contributed by atoms with Crippen LogP contribution in [0.15, 0.2) is 0 Å². The molecule has 0 fully saturated rings. The molecule has 26 valence electrons. The molecule has 0 heterocycles. The molecule has 0 bridgehead atoms. The molecule has 0 aromatic rings. The van der Waals surface area contributed by atoms with Gasteiger partial charge < -0.3 is 15.5 Å². The molecule has 0 N–H and O–H groups in total. The predicted octanol–water partition coefficient (Wildman–Crippen LogP) is -11.8. The molecule has 0 radical (unpaired) electrons. The average molecular weight is 178 g/mol. The van der Waals surface area contributed by atoms with E-state index in [1.807, 2.05) is 0 Å². The van der Waals surface area contributed by atoms with Gasteiger partial charge in [-0.1, -0.05) is 0 Å². The van der Waals surface area contributed by atoms with Crippen molar-refractivity contribution in [1.29, 1.82) is 0 Å². The van der Waals surface area contributed by atoms with Gasteiger partial charge in [-0.3, -0.25) is 0 Å². The molecular weight excluding hydrogens is 177 g/mol. The van der Waals surface area contributed by atoms with Gasteiger partial charge in [-0.25, -0.2) is 0 Å². The molecule has 0 atom stereocenters. The molecule has 0 aliphatic rings. The molecule has 0 saturated heterocycles. The summed E-state index contributed by atoms with van der Waals surface area (Å²) in [5.41, 5.74) is 0. The molecule has 0 saturated carbocycles. The Bertz CT molecular complexity index is 40.3. The molecule has 7 heavy (non-hydrogen) atoms. The van der Waals surface area contributed by atoms with Crippen molar-refractivity contribution < 1.29 is 148 Å². The topological polar surface area (TPSA) is 63.2 Å². The second-order valence-corrected chi connectivity index (χ2v) is 0.750. The van der Waals surface area contributed by atoms with Crippen LogP contribution in [-0.4, -0.2) is 9.17 Å². The minimum atomic E-state index is -3.63. The van der Waals surface area contributed by atoms with Crippen LogP contribution >= 0.6 is 0 Å². The van der Waals surface area contributed by atoms with Crippen LogP contribution in [0.5, 0.6) is 0 Å². The Morgan fingerprint density at radius 3 is 1.29 bits per heavy atom. The normalized spacial score (nSPS) is 3.43. The summed E-state index contributed by atoms with van der Waals surface area (Å²) in [6.07, 6.45) is 0. The van der Waals surface area contributed by atoms with Gasteiger partial charge in [0.15, 0.2) is 0 Å². The molecule has 3 nitrogen and oxygen atoms in total. The first-order chi connectivity index (χ1) is 1.73. The molecular formula is HK2NaO3Si. The number of hydrogen-bond acceptors (Lipinski definition) is 3. The van der Waals surface area contributed by atoms with Crippen molar-refractivity contribution >= 4 is 9.17 Å². The Kier molecular flexibility index (Phi) is 52.8. The van der Waals surface area contributed by atoms with Gasteiger partial charge >= 0.3 is 132 Å². The maximum absolute atomic E-state index is 8.52. The summed E-state index contributed by atoms with van der Waals surface area (Å²) in [6.45, 7) is 0. The summed E-state index contributed by atoms with van der Waals surface area (Å²) in [5.74, 6) is 0. The maximum atomic E-state index is 8.52.